The highest BCUT2D eigenvalue weighted by molar-refractivity contribution is 6.07. The van der Waals surface area contributed by atoms with Gasteiger partial charge in [-0.2, -0.15) is 0 Å². The summed E-state index contributed by atoms with van der Waals surface area (Å²) in [6, 6.07) is 11.1. The molecule has 164 valence electrons. The summed E-state index contributed by atoms with van der Waals surface area (Å²) in [7, 11) is 0. The number of fused-ring (bicyclic) bond motifs is 1. The predicted octanol–water partition coefficient (Wildman–Crippen LogP) is 4.09. The van der Waals surface area contributed by atoms with E-state index >= 15 is 0 Å². The lowest BCUT2D eigenvalue weighted by Gasteiger charge is -2.21. The summed E-state index contributed by atoms with van der Waals surface area (Å²) in [6.07, 6.45) is 0.210. The van der Waals surface area contributed by atoms with Crippen LogP contribution >= 0.6 is 0 Å². The molecule has 0 aliphatic rings. The number of nitrogens with one attached hydrogen (secondary N) is 2. The fourth-order valence-electron chi connectivity index (χ4n) is 3.44. The minimum Gasteiger partial charge on any atom is -0.450 e. The summed E-state index contributed by atoms with van der Waals surface area (Å²) in [6.45, 7) is 8.19. The maximum Gasteiger partial charge on any atom is 0.407 e. The standard InChI is InChI=1S/C23H28N4O4/c1-5-30-23(29)25-17(11-14(2)3)13-24-21(28)18-12-19(16-9-7-6-8-10-16)26-22-20(18)15(4)27-31-22/h6-10,12,14,17H,5,11,13H2,1-4H3,(H,24,28)(H,25,29). The number of ether oxygens (including phenoxy) is 1. The summed E-state index contributed by atoms with van der Waals surface area (Å²) in [4.78, 5) is 29.5. The van der Waals surface area contributed by atoms with Crippen LogP contribution in [-0.4, -0.2) is 41.3 Å². The van der Waals surface area contributed by atoms with Crippen LogP contribution in [0.2, 0.25) is 0 Å². The van der Waals surface area contributed by atoms with Crippen LogP contribution in [0.1, 0.15) is 43.2 Å². The number of alkyl carbamates (subject to hydrolysis) is 1. The van der Waals surface area contributed by atoms with Crippen LogP contribution in [0.4, 0.5) is 4.79 Å². The van der Waals surface area contributed by atoms with Gasteiger partial charge >= 0.3 is 6.09 Å². The van der Waals surface area contributed by atoms with Gasteiger partial charge in [0, 0.05) is 18.2 Å². The van der Waals surface area contributed by atoms with Crippen LogP contribution in [0.3, 0.4) is 0 Å². The van der Waals surface area contributed by atoms with E-state index in [1.807, 2.05) is 30.3 Å². The molecule has 0 radical (unpaired) electrons. The molecular formula is C23H28N4O4. The molecule has 0 bridgehead atoms. The molecule has 2 aromatic heterocycles. The molecule has 1 unspecified atom stereocenters. The third kappa shape index (κ3) is 5.59. The van der Waals surface area contributed by atoms with Gasteiger partial charge in [-0.3, -0.25) is 4.79 Å². The second-order valence-electron chi connectivity index (χ2n) is 7.77. The van der Waals surface area contributed by atoms with Gasteiger partial charge in [0.2, 0.25) is 0 Å². The van der Waals surface area contributed by atoms with E-state index in [0.29, 0.717) is 40.4 Å². The second-order valence-corrected chi connectivity index (χ2v) is 7.77. The van der Waals surface area contributed by atoms with Gasteiger partial charge in [0.25, 0.3) is 11.6 Å². The monoisotopic (exact) mass is 424 g/mol. The highest BCUT2D eigenvalue weighted by Gasteiger charge is 2.21. The number of carbonyl (C=O) groups excluding carboxylic acids is 2. The largest absolute Gasteiger partial charge is 0.450 e. The maximum atomic E-state index is 13.1. The number of aryl methyl sites for hydroxylation is 1. The Kier molecular flexibility index (Phi) is 7.23. The Balaban J connectivity index is 1.85. The first-order chi connectivity index (χ1) is 14.9. The number of nitrogens with zero attached hydrogens (tertiary/aromatic N) is 2. The van der Waals surface area contributed by atoms with Crippen LogP contribution in [0.15, 0.2) is 40.9 Å². The van der Waals surface area contributed by atoms with E-state index in [9.17, 15) is 9.59 Å². The lowest BCUT2D eigenvalue weighted by Crippen LogP contribution is -2.44. The van der Waals surface area contributed by atoms with E-state index in [-0.39, 0.29) is 25.1 Å². The fraction of sp³-hybridized carbons (Fsp3) is 0.391. The summed E-state index contributed by atoms with van der Waals surface area (Å²) >= 11 is 0. The van der Waals surface area contributed by atoms with Crippen molar-refractivity contribution in [1.29, 1.82) is 0 Å². The molecule has 8 nitrogen and oxygen atoms in total. The number of rotatable bonds is 8. The third-order valence-electron chi connectivity index (χ3n) is 4.79. The maximum absolute atomic E-state index is 13.1. The average molecular weight is 425 g/mol. The van der Waals surface area contributed by atoms with Gasteiger partial charge in [0.05, 0.1) is 28.9 Å². The smallest absolute Gasteiger partial charge is 0.407 e. The summed E-state index contributed by atoms with van der Waals surface area (Å²) < 4.78 is 10.3. The molecule has 0 spiro atoms. The first kappa shape index (κ1) is 22.3. The normalized spacial score (nSPS) is 12.0. The van der Waals surface area contributed by atoms with Crippen LogP contribution in [0.25, 0.3) is 22.4 Å². The van der Waals surface area contributed by atoms with Crippen molar-refractivity contribution >= 4 is 23.1 Å². The molecule has 0 aliphatic carbocycles. The van der Waals surface area contributed by atoms with Crippen LogP contribution < -0.4 is 10.6 Å². The molecule has 8 heteroatoms. The molecule has 0 saturated carbocycles. The SMILES string of the molecule is CCOC(=O)NC(CNC(=O)c1cc(-c2ccccc2)nc2onc(C)c12)CC(C)C. The number of pyridine rings is 1. The van der Waals surface area contributed by atoms with Gasteiger partial charge in [-0.15, -0.1) is 0 Å². The molecule has 1 atom stereocenters. The zero-order valence-electron chi connectivity index (χ0n) is 18.3. The summed E-state index contributed by atoms with van der Waals surface area (Å²) in [5.41, 5.74) is 2.83. The minimum absolute atomic E-state index is 0.252. The van der Waals surface area contributed by atoms with Crippen molar-refractivity contribution in [3.05, 3.63) is 47.7 Å². The van der Waals surface area contributed by atoms with E-state index in [4.69, 9.17) is 9.26 Å². The minimum atomic E-state index is -0.491. The second kappa shape index (κ2) is 10.1. The van der Waals surface area contributed by atoms with E-state index in [1.165, 1.54) is 0 Å². The van der Waals surface area contributed by atoms with Gasteiger partial charge in [-0.25, -0.2) is 9.78 Å². The third-order valence-corrected chi connectivity index (χ3v) is 4.79. The van der Waals surface area contributed by atoms with Crippen molar-refractivity contribution in [2.75, 3.05) is 13.2 Å². The van der Waals surface area contributed by atoms with E-state index in [1.54, 1.807) is 19.9 Å². The first-order valence-electron chi connectivity index (χ1n) is 10.4. The number of benzene rings is 1. The molecule has 0 aliphatic heterocycles. The number of hydrogen-bond acceptors (Lipinski definition) is 6. The van der Waals surface area contributed by atoms with Crippen molar-refractivity contribution in [2.45, 2.75) is 40.2 Å². The van der Waals surface area contributed by atoms with Crippen LogP contribution in [0, 0.1) is 12.8 Å². The molecule has 2 amide bonds. The number of amides is 2. The zero-order chi connectivity index (χ0) is 22.4. The van der Waals surface area contributed by atoms with Gasteiger partial charge in [-0.1, -0.05) is 49.3 Å². The van der Waals surface area contributed by atoms with Gasteiger partial charge in [-0.05, 0) is 32.3 Å². The summed E-state index contributed by atoms with van der Waals surface area (Å²) in [5, 5.41) is 10.3. The zero-order valence-corrected chi connectivity index (χ0v) is 18.3. The van der Waals surface area contributed by atoms with Crippen LogP contribution in [-0.2, 0) is 4.74 Å². The lowest BCUT2D eigenvalue weighted by molar-refractivity contribution is 0.0946. The van der Waals surface area contributed by atoms with Gasteiger partial charge in [0.15, 0.2) is 0 Å². The van der Waals surface area contributed by atoms with Crippen molar-refractivity contribution in [2.24, 2.45) is 5.92 Å². The Morgan fingerprint density at radius 3 is 2.61 bits per heavy atom. The molecule has 2 N–H and O–H groups in total. The number of hydrogen-bond donors (Lipinski definition) is 2. The van der Waals surface area contributed by atoms with Crippen molar-refractivity contribution in [3.8, 4) is 11.3 Å². The van der Waals surface area contributed by atoms with E-state index in [2.05, 4.69) is 34.6 Å². The Hall–Kier alpha value is -3.42. The molecule has 0 saturated heterocycles. The summed E-state index contributed by atoms with van der Waals surface area (Å²) in [5.74, 6) is 0.0526. The Bertz CT molecular complexity index is 1050. The lowest BCUT2D eigenvalue weighted by atomic mass is 10.0. The quantitative estimate of drug-likeness (QED) is 0.564. The number of aromatic nitrogens is 2. The Morgan fingerprint density at radius 2 is 1.94 bits per heavy atom. The van der Waals surface area contributed by atoms with Crippen molar-refractivity contribution < 1.29 is 18.8 Å². The van der Waals surface area contributed by atoms with E-state index < -0.39 is 6.09 Å². The topological polar surface area (TPSA) is 106 Å². The molecule has 2 heterocycles. The molecule has 31 heavy (non-hydrogen) atoms. The van der Waals surface area contributed by atoms with Crippen LogP contribution in [0.5, 0.6) is 0 Å². The van der Waals surface area contributed by atoms with E-state index in [0.717, 1.165) is 5.56 Å². The fourth-order valence-corrected chi connectivity index (χ4v) is 3.44. The first-order valence-corrected chi connectivity index (χ1v) is 10.4. The number of carbonyl (C=O) groups is 2. The molecular weight excluding hydrogens is 396 g/mol. The predicted molar refractivity (Wildman–Crippen MR) is 118 cm³/mol. The highest BCUT2D eigenvalue weighted by Crippen LogP contribution is 2.27. The molecule has 3 rings (SSSR count). The molecule has 0 fully saturated rings. The van der Waals surface area contributed by atoms with Crippen molar-refractivity contribution in [3.63, 3.8) is 0 Å². The highest BCUT2D eigenvalue weighted by atomic mass is 16.5. The van der Waals surface area contributed by atoms with Gasteiger partial charge < -0.3 is 19.9 Å². The average Bonchev–Trinajstić information content (AvgIpc) is 3.12. The Morgan fingerprint density at radius 1 is 1.19 bits per heavy atom. The van der Waals surface area contributed by atoms with Gasteiger partial charge in [0.1, 0.15) is 0 Å². The van der Waals surface area contributed by atoms with Crippen molar-refractivity contribution in [1.82, 2.24) is 20.8 Å². The molecule has 1 aromatic carbocycles. The molecule has 3 aromatic rings. The Labute approximate surface area is 181 Å².